The van der Waals surface area contributed by atoms with Gasteiger partial charge in [0.15, 0.2) is 0 Å². The van der Waals surface area contributed by atoms with E-state index in [4.69, 9.17) is 5.11 Å². The number of halogens is 1. The van der Waals surface area contributed by atoms with Crippen LogP contribution in [0.25, 0.3) is 0 Å². The van der Waals surface area contributed by atoms with Gasteiger partial charge in [-0.05, 0) is 22.0 Å². The number of nitrogens with zero attached hydrogens (tertiary/aromatic N) is 5. The molecule has 0 saturated heterocycles. The van der Waals surface area contributed by atoms with Gasteiger partial charge in [0, 0.05) is 26.7 Å². The fourth-order valence-corrected chi connectivity index (χ4v) is 2.49. The zero-order chi connectivity index (χ0) is 16.3. The molecule has 2 rings (SSSR count). The molecule has 9 heteroatoms. The van der Waals surface area contributed by atoms with Crippen LogP contribution in [-0.2, 0) is 24.9 Å². The Hall–Kier alpha value is -2.16. The smallest absolute Gasteiger partial charge is 0.354 e. The van der Waals surface area contributed by atoms with Crippen LogP contribution in [0.4, 0.5) is 0 Å². The van der Waals surface area contributed by atoms with Crippen molar-refractivity contribution in [1.29, 1.82) is 0 Å². The van der Waals surface area contributed by atoms with Crippen molar-refractivity contribution in [1.82, 2.24) is 24.5 Å². The second-order valence-electron chi connectivity index (χ2n) is 4.81. The molecule has 0 unspecified atom stereocenters. The van der Waals surface area contributed by atoms with Crippen LogP contribution < -0.4 is 0 Å². The molecule has 118 valence electrons. The number of carboxylic acid groups (broad SMARTS) is 1. The molecule has 1 amide bonds. The highest BCUT2D eigenvalue weighted by Gasteiger charge is 2.16. The van der Waals surface area contributed by atoms with Crippen molar-refractivity contribution in [2.45, 2.75) is 19.5 Å². The average Bonchev–Trinajstić information content (AvgIpc) is 3.06. The number of carbonyl (C=O) groups is 2. The molecule has 2 aromatic rings. The number of aryl methyl sites for hydroxylation is 2. The van der Waals surface area contributed by atoms with E-state index in [0.29, 0.717) is 6.54 Å². The van der Waals surface area contributed by atoms with E-state index in [2.05, 4.69) is 26.1 Å². The highest BCUT2D eigenvalue weighted by atomic mass is 79.9. The van der Waals surface area contributed by atoms with Gasteiger partial charge in [-0.25, -0.2) is 4.79 Å². The molecule has 0 atom stereocenters. The summed E-state index contributed by atoms with van der Waals surface area (Å²) in [6.45, 7) is 0.644. The Bertz CT molecular complexity index is 674. The summed E-state index contributed by atoms with van der Waals surface area (Å²) in [5.41, 5.74) is 0.964. The maximum atomic E-state index is 12.2. The highest BCUT2D eigenvalue weighted by molar-refractivity contribution is 9.10. The minimum Gasteiger partial charge on any atom is -0.477 e. The fraction of sp³-hybridized carbons (Fsp3) is 0.385. The van der Waals surface area contributed by atoms with Gasteiger partial charge in [0.2, 0.25) is 5.91 Å². The Balaban J connectivity index is 1.94. The van der Waals surface area contributed by atoms with E-state index >= 15 is 0 Å². The van der Waals surface area contributed by atoms with Crippen molar-refractivity contribution in [3.8, 4) is 0 Å². The number of amides is 1. The number of aromatic nitrogens is 4. The number of aromatic carboxylic acids is 1. The summed E-state index contributed by atoms with van der Waals surface area (Å²) in [7, 11) is 3.50. The van der Waals surface area contributed by atoms with Gasteiger partial charge in [-0.15, -0.1) is 0 Å². The minimum absolute atomic E-state index is 0.0739. The van der Waals surface area contributed by atoms with Crippen LogP contribution in [0.15, 0.2) is 22.9 Å². The topological polar surface area (TPSA) is 93.3 Å². The molecule has 2 aromatic heterocycles. The van der Waals surface area contributed by atoms with Gasteiger partial charge in [-0.3, -0.25) is 14.2 Å². The summed E-state index contributed by atoms with van der Waals surface area (Å²) in [6, 6.07) is 1.41. The first-order valence-corrected chi connectivity index (χ1v) is 7.35. The molecule has 0 fully saturated rings. The van der Waals surface area contributed by atoms with Gasteiger partial charge in [0.1, 0.15) is 5.69 Å². The van der Waals surface area contributed by atoms with Crippen molar-refractivity contribution in [2.24, 2.45) is 7.05 Å². The summed E-state index contributed by atoms with van der Waals surface area (Å²) in [5, 5.41) is 17.0. The Labute approximate surface area is 135 Å². The standard InChI is InChI=1S/C13H16BrN5O3/c1-17(8-11-9(14)7-16-18(11)2)12(20)4-6-19-10(13(21)22)3-5-15-19/h3,5,7H,4,6,8H2,1-2H3,(H,21,22). The lowest BCUT2D eigenvalue weighted by molar-refractivity contribution is -0.130. The fourth-order valence-electron chi connectivity index (χ4n) is 2.01. The van der Waals surface area contributed by atoms with Crippen molar-refractivity contribution in [3.63, 3.8) is 0 Å². The van der Waals surface area contributed by atoms with Gasteiger partial charge in [0.05, 0.1) is 29.5 Å². The number of carboxylic acids is 1. The number of hydrogen-bond donors (Lipinski definition) is 1. The quantitative estimate of drug-likeness (QED) is 0.823. The molecule has 0 saturated carbocycles. The molecule has 0 radical (unpaired) electrons. The van der Waals surface area contributed by atoms with E-state index in [9.17, 15) is 9.59 Å². The average molecular weight is 370 g/mol. The molecule has 8 nitrogen and oxygen atoms in total. The van der Waals surface area contributed by atoms with Crippen LogP contribution >= 0.6 is 15.9 Å². The number of rotatable bonds is 6. The maximum Gasteiger partial charge on any atom is 0.354 e. The van der Waals surface area contributed by atoms with Crippen molar-refractivity contribution in [3.05, 3.63) is 34.3 Å². The zero-order valence-electron chi connectivity index (χ0n) is 12.2. The summed E-state index contributed by atoms with van der Waals surface area (Å²) >= 11 is 3.39. The Morgan fingerprint density at radius 1 is 1.41 bits per heavy atom. The van der Waals surface area contributed by atoms with Gasteiger partial charge in [-0.1, -0.05) is 0 Å². The lowest BCUT2D eigenvalue weighted by atomic mass is 10.3. The van der Waals surface area contributed by atoms with Crippen LogP contribution in [0, 0.1) is 0 Å². The predicted octanol–water partition coefficient (Wildman–Crippen LogP) is 1.13. The summed E-state index contributed by atoms with van der Waals surface area (Å²) < 4.78 is 3.85. The van der Waals surface area contributed by atoms with E-state index in [-0.39, 0.29) is 24.6 Å². The molecule has 0 spiro atoms. The van der Waals surface area contributed by atoms with E-state index < -0.39 is 5.97 Å². The van der Waals surface area contributed by atoms with Gasteiger partial charge in [-0.2, -0.15) is 10.2 Å². The molecule has 0 aliphatic carbocycles. The summed E-state index contributed by atoms with van der Waals surface area (Å²) in [6.07, 6.45) is 3.26. The Kier molecular flexibility index (Phi) is 4.96. The van der Waals surface area contributed by atoms with Gasteiger partial charge in [0.25, 0.3) is 0 Å². The van der Waals surface area contributed by atoms with E-state index in [0.717, 1.165) is 10.2 Å². The molecular weight excluding hydrogens is 354 g/mol. The van der Waals surface area contributed by atoms with Crippen LogP contribution in [-0.4, -0.2) is 48.5 Å². The second-order valence-corrected chi connectivity index (χ2v) is 5.66. The summed E-state index contributed by atoms with van der Waals surface area (Å²) in [4.78, 5) is 24.7. The highest BCUT2D eigenvalue weighted by Crippen LogP contribution is 2.16. The van der Waals surface area contributed by atoms with Crippen molar-refractivity contribution in [2.75, 3.05) is 7.05 Å². The third kappa shape index (κ3) is 3.53. The molecule has 2 heterocycles. The molecule has 0 aliphatic heterocycles. The third-order valence-corrected chi connectivity index (χ3v) is 3.96. The Morgan fingerprint density at radius 3 is 2.73 bits per heavy atom. The molecule has 1 N–H and O–H groups in total. The monoisotopic (exact) mass is 369 g/mol. The summed E-state index contributed by atoms with van der Waals surface area (Å²) in [5.74, 6) is -1.16. The molecule has 22 heavy (non-hydrogen) atoms. The number of hydrogen-bond acceptors (Lipinski definition) is 4. The van der Waals surface area contributed by atoms with E-state index in [1.54, 1.807) is 29.9 Å². The lowest BCUT2D eigenvalue weighted by Gasteiger charge is -2.17. The minimum atomic E-state index is -1.06. The molecule has 0 bridgehead atoms. The first-order valence-electron chi connectivity index (χ1n) is 6.55. The van der Waals surface area contributed by atoms with Crippen LogP contribution in [0.1, 0.15) is 22.6 Å². The SMILES string of the molecule is CN(Cc1c(Br)cnn1C)C(=O)CCn1nccc1C(=O)O. The van der Waals surface area contributed by atoms with Gasteiger partial charge < -0.3 is 10.0 Å². The molecule has 0 aliphatic rings. The normalized spacial score (nSPS) is 10.7. The molecular formula is C13H16BrN5O3. The van der Waals surface area contributed by atoms with Crippen molar-refractivity contribution >= 4 is 27.8 Å². The van der Waals surface area contributed by atoms with E-state index in [1.807, 2.05) is 0 Å². The van der Waals surface area contributed by atoms with Crippen LogP contribution in [0.3, 0.4) is 0 Å². The first kappa shape index (κ1) is 16.2. The zero-order valence-corrected chi connectivity index (χ0v) is 13.8. The molecule has 0 aromatic carbocycles. The van der Waals surface area contributed by atoms with Gasteiger partial charge >= 0.3 is 5.97 Å². The third-order valence-electron chi connectivity index (χ3n) is 3.30. The second kappa shape index (κ2) is 6.73. The Morgan fingerprint density at radius 2 is 2.14 bits per heavy atom. The van der Waals surface area contributed by atoms with Crippen LogP contribution in [0.5, 0.6) is 0 Å². The van der Waals surface area contributed by atoms with Crippen molar-refractivity contribution < 1.29 is 14.7 Å². The largest absolute Gasteiger partial charge is 0.477 e. The maximum absolute atomic E-state index is 12.2. The van der Waals surface area contributed by atoms with E-state index in [1.165, 1.54) is 16.9 Å². The van der Waals surface area contributed by atoms with Crippen LogP contribution in [0.2, 0.25) is 0 Å². The predicted molar refractivity (Wildman–Crippen MR) is 81.2 cm³/mol. The lowest BCUT2D eigenvalue weighted by Crippen LogP contribution is -2.28. The number of carbonyl (C=O) groups excluding carboxylic acids is 1. The first-order chi connectivity index (χ1) is 10.4.